The average Bonchev–Trinajstić information content (AvgIpc) is 2.61. The molecule has 1 N–H and O–H groups in total. The third-order valence-corrected chi connectivity index (χ3v) is 4.38. The first kappa shape index (κ1) is 21.5. The van der Waals surface area contributed by atoms with Crippen LogP contribution in [0.25, 0.3) is 0 Å². The standard InChI is InChI=1S/C23H30N2O3/c1-22(2,3)28-21(27)24-23(4,19-14-10-7-11-15-19)16-20(26)25(5)17-18-12-8-6-9-13-18/h6-15H,16-17H2,1-5H3,(H,24,27). The topological polar surface area (TPSA) is 58.6 Å². The van der Waals surface area contributed by atoms with Crippen LogP contribution in [0.4, 0.5) is 4.79 Å². The number of ether oxygens (including phenoxy) is 1. The normalized spacial score (nSPS) is 13.3. The molecule has 0 bridgehead atoms. The van der Waals surface area contributed by atoms with Crippen LogP contribution in [0.5, 0.6) is 0 Å². The molecule has 2 aromatic rings. The van der Waals surface area contributed by atoms with Crippen molar-refractivity contribution >= 4 is 12.0 Å². The average molecular weight is 383 g/mol. The molecule has 0 aliphatic heterocycles. The van der Waals surface area contributed by atoms with Crippen molar-refractivity contribution in [2.45, 2.75) is 51.8 Å². The van der Waals surface area contributed by atoms with Gasteiger partial charge in [-0.05, 0) is 38.8 Å². The van der Waals surface area contributed by atoms with E-state index in [4.69, 9.17) is 4.74 Å². The van der Waals surface area contributed by atoms with Crippen LogP contribution in [0.1, 0.15) is 45.2 Å². The maximum Gasteiger partial charge on any atom is 0.408 e. The molecule has 0 saturated carbocycles. The number of rotatable bonds is 6. The Hall–Kier alpha value is -2.82. The summed E-state index contributed by atoms with van der Waals surface area (Å²) in [7, 11) is 1.77. The molecule has 28 heavy (non-hydrogen) atoms. The van der Waals surface area contributed by atoms with Gasteiger partial charge in [0.1, 0.15) is 5.60 Å². The molecule has 0 spiro atoms. The summed E-state index contributed by atoms with van der Waals surface area (Å²) >= 11 is 0. The van der Waals surface area contributed by atoms with E-state index in [1.54, 1.807) is 11.9 Å². The van der Waals surface area contributed by atoms with Crippen LogP contribution in [0.2, 0.25) is 0 Å². The lowest BCUT2D eigenvalue weighted by molar-refractivity contribution is -0.132. The third-order valence-electron chi connectivity index (χ3n) is 4.38. The van der Waals surface area contributed by atoms with E-state index in [1.165, 1.54) is 0 Å². The molecule has 0 aromatic heterocycles. The van der Waals surface area contributed by atoms with Gasteiger partial charge in [0.05, 0.1) is 12.0 Å². The van der Waals surface area contributed by atoms with Crippen LogP contribution in [0, 0.1) is 0 Å². The van der Waals surface area contributed by atoms with Crippen molar-refractivity contribution in [3.8, 4) is 0 Å². The molecule has 0 aliphatic carbocycles. The molecular weight excluding hydrogens is 352 g/mol. The lowest BCUT2D eigenvalue weighted by Crippen LogP contribution is -2.48. The first-order chi connectivity index (χ1) is 13.1. The smallest absolute Gasteiger partial charge is 0.408 e. The van der Waals surface area contributed by atoms with E-state index in [-0.39, 0.29) is 12.3 Å². The Kier molecular flexibility index (Phi) is 6.84. The van der Waals surface area contributed by atoms with Crippen molar-refractivity contribution in [3.05, 3.63) is 71.8 Å². The fraction of sp³-hybridized carbons (Fsp3) is 0.391. The molecule has 1 atom stereocenters. The highest BCUT2D eigenvalue weighted by molar-refractivity contribution is 5.79. The molecule has 2 amide bonds. The van der Waals surface area contributed by atoms with Crippen LogP contribution < -0.4 is 5.32 Å². The third kappa shape index (κ3) is 6.41. The summed E-state index contributed by atoms with van der Waals surface area (Å²) in [6.45, 7) is 7.79. The number of hydrogen-bond donors (Lipinski definition) is 1. The Bertz CT molecular complexity index is 784. The molecule has 5 nitrogen and oxygen atoms in total. The van der Waals surface area contributed by atoms with E-state index < -0.39 is 17.2 Å². The summed E-state index contributed by atoms with van der Waals surface area (Å²) in [6.07, 6.45) is -0.420. The molecule has 2 rings (SSSR count). The van der Waals surface area contributed by atoms with E-state index in [9.17, 15) is 9.59 Å². The predicted molar refractivity (Wildman–Crippen MR) is 111 cm³/mol. The van der Waals surface area contributed by atoms with Gasteiger partial charge in [0, 0.05) is 13.6 Å². The van der Waals surface area contributed by atoms with Crippen LogP contribution in [-0.2, 0) is 21.6 Å². The Labute approximate surface area is 167 Å². The zero-order valence-corrected chi connectivity index (χ0v) is 17.4. The number of nitrogens with one attached hydrogen (secondary N) is 1. The van der Waals surface area contributed by atoms with Crippen molar-refractivity contribution in [1.82, 2.24) is 10.2 Å². The van der Waals surface area contributed by atoms with Crippen molar-refractivity contribution in [2.24, 2.45) is 0 Å². The lowest BCUT2D eigenvalue weighted by atomic mass is 9.88. The summed E-state index contributed by atoms with van der Waals surface area (Å²) in [6, 6.07) is 19.3. The Morgan fingerprint density at radius 1 is 0.929 bits per heavy atom. The van der Waals surface area contributed by atoms with Gasteiger partial charge in [0.2, 0.25) is 5.91 Å². The van der Waals surface area contributed by atoms with Gasteiger partial charge in [0.25, 0.3) is 0 Å². The van der Waals surface area contributed by atoms with E-state index in [1.807, 2.05) is 88.4 Å². The van der Waals surface area contributed by atoms with E-state index in [0.29, 0.717) is 6.54 Å². The Morgan fingerprint density at radius 2 is 1.46 bits per heavy atom. The minimum atomic E-state index is -0.883. The van der Waals surface area contributed by atoms with Gasteiger partial charge in [-0.1, -0.05) is 60.7 Å². The molecule has 0 aliphatic rings. The highest BCUT2D eigenvalue weighted by atomic mass is 16.6. The van der Waals surface area contributed by atoms with Crippen LogP contribution in [-0.4, -0.2) is 29.5 Å². The second-order valence-electron chi connectivity index (χ2n) is 8.24. The van der Waals surface area contributed by atoms with Crippen molar-refractivity contribution in [1.29, 1.82) is 0 Å². The summed E-state index contributed by atoms with van der Waals surface area (Å²) in [5.74, 6) is -0.0636. The molecule has 150 valence electrons. The molecule has 1 unspecified atom stereocenters. The molecule has 2 aromatic carbocycles. The quantitative estimate of drug-likeness (QED) is 0.802. The Morgan fingerprint density at radius 3 is 2.00 bits per heavy atom. The van der Waals surface area contributed by atoms with Gasteiger partial charge < -0.3 is 15.0 Å². The number of carbonyl (C=O) groups is 2. The minimum absolute atomic E-state index is 0.0636. The SMILES string of the molecule is CN(Cc1ccccc1)C(=O)CC(C)(NC(=O)OC(C)(C)C)c1ccccc1. The molecule has 0 fully saturated rings. The minimum Gasteiger partial charge on any atom is -0.444 e. The number of amides is 2. The summed E-state index contributed by atoms with van der Waals surface area (Å²) < 4.78 is 5.42. The van der Waals surface area contributed by atoms with Crippen LogP contribution in [0.15, 0.2) is 60.7 Å². The van der Waals surface area contributed by atoms with Crippen molar-refractivity contribution < 1.29 is 14.3 Å². The first-order valence-electron chi connectivity index (χ1n) is 9.44. The van der Waals surface area contributed by atoms with Gasteiger partial charge in [-0.3, -0.25) is 4.79 Å². The number of nitrogens with zero attached hydrogens (tertiary/aromatic N) is 1. The van der Waals surface area contributed by atoms with Crippen molar-refractivity contribution in [3.63, 3.8) is 0 Å². The molecule has 5 heteroatoms. The summed E-state index contributed by atoms with van der Waals surface area (Å²) in [5.41, 5.74) is 0.406. The van der Waals surface area contributed by atoms with Gasteiger partial charge in [-0.25, -0.2) is 4.79 Å². The summed E-state index contributed by atoms with van der Waals surface area (Å²) in [5, 5.41) is 2.91. The number of hydrogen-bond acceptors (Lipinski definition) is 3. The highest BCUT2D eigenvalue weighted by Crippen LogP contribution is 2.26. The van der Waals surface area contributed by atoms with E-state index in [0.717, 1.165) is 11.1 Å². The van der Waals surface area contributed by atoms with E-state index in [2.05, 4.69) is 5.32 Å². The molecular formula is C23H30N2O3. The molecule has 0 radical (unpaired) electrons. The van der Waals surface area contributed by atoms with Gasteiger partial charge in [-0.2, -0.15) is 0 Å². The largest absolute Gasteiger partial charge is 0.444 e. The van der Waals surface area contributed by atoms with Gasteiger partial charge in [0.15, 0.2) is 0 Å². The van der Waals surface area contributed by atoms with Crippen LogP contribution >= 0.6 is 0 Å². The van der Waals surface area contributed by atoms with Gasteiger partial charge in [-0.15, -0.1) is 0 Å². The highest BCUT2D eigenvalue weighted by Gasteiger charge is 2.34. The number of alkyl carbamates (subject to hydrolysis) is 1. The number of carbonyl (C=O) groups excluding carboxylic acids is 2. The van der Waals surface area contributed by atoms with E-state index >= 15 is 0 Å². The van der Waals surface area contributed by atoms with Crippen LogP contribution in [0.3, 0.4) is 0 Å². The van der Waals surface area contributed by atoms with Gasteiger partial charge >= 0.3 is 6.09 Å². The fourth-order valence-electron chi connectivity index (χ4n) is 2.94. The fourth-order valence-corrected chi connectivity index (χ4v) is 2.94. The van der Waals surface area contributed by atoms with Crippen molar-refractivity contribution in [2.75, 3.05) is 7.05 Å². The summed E-state index contributed by atoms with van der Waals surface area (Å²) in [4.78, 5) is 27.0. The predicted octanol–water partition coefficient (Wildman–Crippen LogP) is 4.48. The number of benzene rings is 2. The second kappa shape index (κ2) is 8.91. The monoisotopic (exact) mass is 382 g/mol. The maximum absolute atomic E-state index is 12.9. The molecule has 0 heterocycles. The maximum atomic E-state index is 12.9. The lowest BCUT2D eigenvalue weighted by Gasteiger charge is -2.33. The Balaban J connectivity index is 2.17. The second-order valence-corrected chi connectivity index (χ2v) is 8.24. The zero-order valence-electron chi connectivity index (χ0n) is 17.4. The first-order valence-corrected chi connectivity index (χ1v) is 9.44. The zero-order chi connectivity index (χ0) is 20.8. The molecule has 0 saturated heterocycles.